The average Bonchev–Trinajstić information content (AvgIpc) is 2.74. The second-order valence-electron chi connectivity index (χ2n) is 3.83. The Labute approximate surface area is 116 Å². The van der Waals surface area contributed by atoms with Crippen LogP contribution in [-0.4, -0.2) is 22.8 Å². The summed E-state index contributed by atoms with van der Waals surface area (Å²) in [5.74, 6) is -0.279. The molecule has 0 unspecified atom stereocenters. The summed E-state index contributed by atoms with van der Waals surface area (Å²) in [5, 5.41) is 1.98. The summed E-state index contributed by atoms with van der Waals surface area (Å²) in [5.41, 5.74) is 0.838. The van der Waals surface area contributed by atoms with E-state index in [-0.39, 0.29) is 17.0 Å². The van der Waals surface area contributed by atoms with Crippen LogP contribution in [0.1, 0.15) is 15.9 Å². The predicted molar refractivity (Wildman–Crippen MR) is 74.9 cm³/mol. The lowest BCUT2D eigenvalue weighted by Crippen LogP contribution is -2.30. The van der Waals surface area contributed by atoms with Crippen molar-refractivity contribution in [1.29, 1.82) is 0 Å². The van der Waals surface area contributed by atoms with Gasteiger partial charge in [-0.1, -0.05) is 0 Å². The minimum absolute atomic E-state index is 0.161. The summed E-state index contributed by atoms with van der Waals surface area (Å²) in [6, 6.07) is 5.13. The molecule has 0 bridgehead atoms. The van der Waals surface area contributed by atoms with Crippen molar-refractivity contribution in [2.75, 3.05) is 7.05 Å². The molecule has 2 aromatic rings. The first-order valence-corrected chi connectivity index (χ1v) is 6.91. The molecule has 0 aromatic carbocycles. The Bertz CT molecular complexity index is 620. The minimum Gasteiger partial charge on any atom is -0.337 e. The number of aromatic nitrogens is 1. The molecule has 94 valence electrons. The lowest BCUT2D eigenvalue weighted by Gasteiger charge is -2.15. The monoisotopic (exact) mass is 326 g/mol. The number of halogens is 1. The first kappa shape index (κ1) is 13.0. The third-order valence-corrected chi connectivity index (χ3v) is 3.99. The van der Waals surface area contributed by atoms with Crippen molar-refractivity contribution >= 4 is 33.2 Å². The highest BCUT2D eigenvalue weighted by Gasteiger charge is 2.15. The molecule has 6 heteroatoms. The van der Waals surface area contributed by atoms with E-state index in [1.54, 1.807) is 24.5 Å². The Kier molecular flexibility index (Phi) is 3.98. The maximum absolute atomic E-state index is 12.1. The molecule has 0 spiro atoms. The smallest absolute Gasteiger partial charge is 0.260 e. The Morgan fingerprint density at radius 3 is 2.94 bits per heavy atom. The SMILES string of the molecule is CN(Cc1csc(Br)c1)C(=O)c1ccc[nH]c1=O. The quantitative estimate of drug-likeness (QED) is 0.942. The third-order valence-electron chi connectivity index (χ3n) is 2.44. The normalized spacial score (nSPS) is 10.3. The molecule has 4 nitrogen and oxygen atoms in total. The molecule has 0 fully saturated rings. The molecule has 0 aliphatic carbocycles. The van der Waals surface area contributed by atoms with E-state index in [4.69, 9.17) is 0 Å². The topological polar surface area (TPSA) is 53.2 Å². The van der Waals surface area contributed by atoms with Crippen LogP contribution in [0.25, 0.3) is 0 Å². The number of pyridine rings is 1. The number of amides is 1. The number of thiophene rings is 1. The molecule has 0 atom stereocenters. The summed E-state index contributed by atoms with van der Waals surface area (Å²) in [4.78, 5) is 27.6. The van der Waals surface area contributed by atoms with Crippen LogP contribution < -0.4 is 5.56 Å². The fourth-order valence-electron chi connectivity index (χ4n) is 1.57. The Hall–Kier alpha value is -1.40. The zero-order valence-corrected chi connectivity index (χ0v) is 12.0. The fourth-order valence-corrected chi connectivity index (χ4v) is 2.77. The second-order valence-corrected chi connectivity index (χ2v) is 6.12. The number of nitrogens with zero attached hydrogens (tertiary/aromatic N) is 1. The van der Waals surface area contributed by atoms with Gasteiger partial charge in [0.05, 0.1) is 3.79 Å². The highest BCUT2D eigenvalue weighted by molar-refractivity contribution is 9.11. The zero-order chi connectivity index (χ0) is 13.1. The summed E-state index contributed by atoms with van der Waals surface area (Å²) < 4.78 is 1.02. The van der Waals surface area contributed by atoms with Gasteiger partial charge < -0.3 is 9.88 Å². The molecule has 0 saturated carbocycles. The number of H-pyrrole nitrogens is 1. The van der Waals surface area contributed by atoms with Gasteiger partial charge in [-0.05, 0) is 45.1 Å². The molecule has 0 saturated heterocycles. The lowest BCUT2D eigenvalue weighted by molar-refractivity contribution is 0.0783. The molecule has 0 aliphatic heterocycles. The zero-order valence-electron chi connectivity index (χ0n) is 9.64. The van der Waals surface area contributed by atoms with Crippen LogP contribution in [0.5, 0.6) is 0 Å². The summed E-state index contributed by atoms with van der Waals surface area (Å²) in [6.07, 6.45) is 1.51. The van der Waals surface area contributed by atoms with Crippen LogP contribution in [0.15, 0.2) is 38.4 Å². The van der Waals surface area contributed by atoms with Gasteiger partial charge in [0.15, 0.2) is 0 Å². The molecule has 2 heterocycles. The van der Waals surface area contributed by atoms with Gasteiger partial charge in [0, 0.05) is 19.8 Å². The van der Waals surface area contributed by atoms with E-state index in [1.807, 2.05) is 11.4 Å². The van der Waals surface area contributed by atoms with Crippen LogP contribution in [-0.2, 0) is 6.54 Å². The van der Waals surface area contributed by atoms with Crippen molar-refractivity contribution in [2.45, 2.75) is 6.54 Å². The van der Waals surface area contributed by atoms with E-state index in [0.29, 0.717) is 6.54 Å². The Morgan fingerprint density at radius 1 is 1.56 bits per heavy atom. The lowest BCUT2D eigenvalue weighted by atomic mass is 10.2. The van der Waals surface area contributed by atoms with Crippen molar-refractivity contribution in [1.82, 2.24) is 9.88 Å². The maximum atomic E-state index is 12.1. The number of carbonyl (C=O) groups is 1. The number of hydrogen-bond acceptors (Lipinski definition) is 3. The third kappa shape index (κ3) is 2.88. The number of carbonyl (C=O) groups excluding carboxylic acids is 1. The van der Waals surface area contributed by atoms with Gasteiger partial charge in [-0.3, -0.25) is 9.59 Å². The predicted octanol–water partition coefficient (Wildman–Crippen LogP) is 2.47. The molecule has 2 aromatic heterocycles. The molecule has 0 aliphatic rings. The number of hydrogen-bond donors (Lipinski definition) is 1. The van der Waals surface area contributed by atoms with E-state index in [2.05, 4.69) is 20.9 Å². The number of nitrogens with one attached hydrogen (secondary N) is 1. The molecular formula is C12H11BrN2O2S. The molecule has 1 N–H and O–H groups in total. The molecule has 2 rings (SSSR count). The van der Waals surface area contributed by atoms with Crippen LogP contribution >= 0.6 is 27.3 Å². The molecular weight excluding hydrogens is 316 g/mol. The van der Waals surface area contributed by atoms with E-state index < -0.39 is 0 Å². The first-order valence-electron chi connectivity index (χ1n) is 5.24. The average molecular weight is 327 g/mol. The van der Waals surface area contributed by atoms with Crippen molar-refractivity contribution in [3.8, 4) is 0 Å². The van der Waals surface area contributed by atoms with Gasteiger partial charge in [0.1, 0.15) is 5.56 Å². The van der Waals surface area contributed by atoms with E-state index in [0.717, 1.165) is 9.35 Å². The van der Waals surface area contributed by atoms with E-state index in [1.165, 1.54) is 17.2 Å². The molecule has 0 radical (unpaired) electrons. The van der Waals surface area contributed by atoms with Gasteiger partial charge in [-0.2, -0.15) is 0 Å². The Morgan fingerprint density at radius 2 is 2.33 bits per heavy atom. The largest absolute Gasteiger partial charge is 0.337 e. The standard InChI is InChI=1S/C12H11BrN2O2S/c1-15(6-8-5-10(13)18-7-8)12(17)9-3-2-4-14-11(9)16/h2-5,7H,6H2,1H3,(H,14,16). The summed E-state index contributed by atoms with van der Waals surface area (Å²) >= 11 is 4.94. The van der Waals surface area contributed by atoms with Crippen LogP contribution in [0.3, 0.4) is 0 Å². The van der Waals surface area contributed by atoms with Crippen LogP contribution in [0, 0.1) is 0 Å². The highest BCUT2D eigenvalue weighted by Crippen LogP contribution is 2.21. The Balaban J connectivity index is 2.15. The van der Waals surface area contributed by atoms with E-state index >= 15 is 0 Å². The fraction of sp³-hybridized carbons (Fsp3) is 0.167. The van der Waals surface area contributed by atoms with E-state index in [9.17, 15) is 9.59 Å². The molecule has 18 heavy (non-hydrogen) atoms. The number of aromatic amines is 1. The van der Waals surface area contributed by atoms with Crippen molar-refractivity contribution in [3.63, 3.8) is 0 Å². The van der Waals surface area contributed by atoms with Gasteiger partial charge >= 0.3 is 0 Å². The second kappa shape index (κ2) is 5.49. The van der Waals surface area contributed by atoms with Crippen LogP contribution in [0.2, 0.25) is 0 Å². The molecule has 1 amide bonds. The summed E-state index contributed by atoms with van der Waals surface area (Å²) in [7, 11) is 1.68. The number of rotatable bonds is 3. The van der Waals surface area contributed by atoms with Gasteiger partial charge in [0.25, 0.3) is 11.5 Å². The summed E-state index contributed by atoms with van der Waals surface area (Å²) in [6.45, 7) is 0.481. The highest BCUT2D eigenvalue weighted by atomic mass is 79.9. The van der Waals surface area contributed by atoms with Crippen molar-refractivity contribution in [2.24, 2.45) is 0 Å². The van der Waals surface area contributed by atoms with Gasteiger partial charge in [-0.25, -0.2) is 0 Å². The first-order chi connectivity index (χ1) is 8.58. The van der Waals surface area contributed by atoms with Gasteiger partial charge in [0.2, 0.25) is 0 Å². The van der Waals surface area contributed by atoms with Gasteiger partial charge in [-0.15, -0.1) is 11.3 Å². The van der Waals surface area contributed by atoms with Crippen molar-refractivity contribution < 1.29 is 4.79 Å². The van der Waals surface area contributed by atoms with Crippen molar-refractivity contribution in [3.05, 3.63) is 55.0 Å². The van der Waals surface area contributed by atoms with Crippen LogP contribution in [0.4, 0.5) is 0 Å². The minimum atomic E-state index is -0.360. The maximum Gasteiger partial charge on any atom is 0.260 e.